The van der Waals surface area contributed by atoms with Crippen molar-refractivity contribution in [1.82, 2.24) is 9.13 Å². The number of rotatable bonds is 5. The molecular formula is C48H29B3N2. The molecule has 0 saturated carbocycles. The summed E-state index contributed by atoms with van der Waals surface area (Å²) in [7, 11) is 21.6. The molecule has 0 N–H and O–H groups in total. The van der Waals surface area contributed by atoms with Crippen LogP contribution in [0.1, 0.15) is 0 Å². The molecule has 0 atom stereocenters. The lowest BCUT2D eigenvalue weighted by Gasteiger charge is -2.20. The Hall–Kier alpha value is -6.45. The molecule has 8 aromatic carbocycles. The van der Waals surface area contributed by atoms with Gasteiger partial charge in [0.2, 0.25) is 0 Å². The van der Waals surface area contributed by atoms with Crippen LogP contribution in [0.25, 0.3) is 88.4 Å². The predicted molar refractivity (Wildman–Crippen MR) is 228 cm³/mol. The molecule has 6 radical (unpaired) electrons. The van der Waals surface area contributed by atoms with E-state index in [1.165, 1.54) is 5.56 Å². The van der Waals surface area contributed by atoms with Crippen molar-refractivity contribution >= 4 is 83.5 Å². The van der Waals surface area contributed by atoms with Crippen LogP contribution in [0, 0.1) is 0 Å². The first-order valence-corrected chi connectivity index (χ1v) is 17.8. The minimum absolute atomic E-state index is 0.465. The molecule has 0 aliphatic carbocycles. The highest BCUT2D eigenvalue weighted by Gasteiger charge is 2.23. The van der Waals surface area contributed by atoms with Gasteiger partial charge < -0.3 is 9.13 Å². The molecule has 2 heterocycles. The van der Waals surface area contributed by atoms with Crippen molar-refractivity contribution < 1.29 is 0 Å². The zero-order valence-electron chi connectivity index (χ0n) is 28.9. The molecule has 0 bridgehead atoms. The molecule has 0 spiro atoms. The SMILES string of the molecule is [B]c1c(-c2ccc3c(c2)c2cc(-c4ccccc4)ccc2n3-c2ccccc2)c([B])c2c3ccccc3n(-c3ccccc3-c3ccccc3)c2c1[B]. The topological polar surface area (TPSA) is 9.86 Å². The van der Waals surface area contributed by atoms with E-state index in [1.807, 2.05) is 18.2 Å². The van der Waals surface area contributed by atoms with Crippen molar-refractivity contribution in [2.75, 3.05) is 0 Å². The monoisotopic (exact) mass is 666 g/mol. The Bertz CT molecular complexity index is 3020. The number of hydrogen-bond donors (Lipinski definition) is 0. The standard InChI is InChI=1S/C48H29B3N2/c49-45-43(33-25-27-42-38(29-33)37-28-32(30-14-4-1-5-15-30)24-26-41(37)52(42)34-18-8-3-9-19-34)46(50)47(51)48-44(45)36-21-11-13-23-40(36)53(48)39-22-12-10-20-35(39)31-16-6-2-7-17-31/h1-29H. The first-order valence-electron chi connectivity index (χ1n) is 17.8. The van der Waals surface area contributed by atoms with Gasteiger partial charge in [0.1, 0.15) is 23.5 Å². The second-order valence-electron chi connectivity index (χ2n) is 13.6. The molecule has 0 amide bonds. The molecule has 5 heteroatoms. The van der Waals surface area contributed by atoms with Crippen LogP contribution < -0.4 is 16.4 Å². The number of aromatic nitrogens is 2. The zero-order chi connectivity index (χ0) is 35.6. The van der Waals surface area contributed by atoms with Crippen molar-refractivity contribution in [2.24, 2.45) is 0 Å². The van der Waals surface area contributed by atoms with Crippen molar-refractivity contribution in [3.05, 3.63) is 176 Å². The Labute approximate surface area is 312 Å². The summed E-state index contributed by atoms with van der Waals surface area (Å²) >= 11 is 0. The van der Waals surface area contributed by atoms with Crippen LogP contribution in [-0.4, -0.2) is 32.7 Å². The number of fused-ring (bicyclic) bond motifs is 6. The van der Waals surface area contributed by atoms with E-state index in [1.54, 1.807) is 0 Å². The van der Waals surface area contributed by atoms with Crippen LogP contribution in [0.4, 0.5) is 0 Å². The van der Waals surface area contributed by atoms with Crippen LogP contribution in [0.2, 0.25) is 0 Å². The molecule has 53 heavy (non-hydrogen) atoms. The number of hydrogen-bond acceptors (Lipinski definition) is 0. The lowest BCUT2D eigenvalue weighted by Crippen LogP contribution is -2.35. The summed E-state index contributed by atoms with van der Waals surface area (Å²) in [5.74, 6) is 0. The average Bonchev–Trinajstić information content (AvgIpc) is 3.74. The predicted octanol–water partition coefficient (Wildman–Crippen LogP) is 9.26. The highest BCUT2D eigenvalue weighted by Crippen LogP contribution is 2.39. The van der Waals surface area contributed by atoms with Gasteiger partial charge in [-0.1, -0.05) is 144 Å². The van der Waals surface area contributed by atoms with Crippen LogP contribution in [0.3, 0.4) is 0 Å². The fourth-order valence-corrected chi connectivity index (χ4v) is 8.24. The Balaban J connectivity index is 1.25. The van der Waals surface area contributed by atoms with Gasteiger partial charge in [-0.2, -0.15) is 0 Å². The fraction of sp³-hybridized carbons (Fsp3) is 0. The van der Waals surface area contributed by atoms with Gasteiger partial charge in [-0.05, 0) is 76.3 Å². The van der Waals surface area contributed by atoms with Gasteiger partial charge in [-0.3, -0.25) is 0 Å². The van der Waals surface area contributed by atoms with Crippen molar-refractivity contribution in [3.63, 3.8) is 0 Å². The highest BCUT2D eigenvalue weighted by atomic mass is 15.0. The van der Waals surface area contributed by atoms with Gasteiger partial charge in [0, 0.05) is 38.3 Å². The lowest BCUT2D eigenvalue weighted by atomic mass is 9.69. The summed E-state index contributed by atoms with van der Waals surface area (Å²) in [5.41, 5.74) is 13.9. The van der Waals surface area contributed by atoms with Gasteiger partial charge in [-0.25, -0.2) is 0 Å². The lowest BCUT2D eigenvalue weighted by molar-refractivity contribution is 1.18. The van der Waals surface area contributed by atoms with Gasteiger partial charge >= 0.3 is 0 Å². The molecule has 0 aliphatic rings. The fourth-order valence-electron chi connectivity index (χ4n) is 8.24. The second kappa shape index (κ2) is 12.4. The summed E-state index contributed by atoms with van der Waals surface area (Å²) in [6.07, 6.45) is 0. The minimum Gasteiger partial charge on any atom is -0.309 e. The second-order valence-corrected chi connectivity index (χ2v) is 13.6. The van der Waals surface area contributed by atoms with Gasteiger partial charge in [0.15, 0.2) is 0 Å². The van der Waals surface area contributed by atoms with Crippen LogP contribution in [0.5, 0.6) is 0 Å². The van der Waals surface area contributed by atoms with E-state index in [-0.39, 0.29) is 0 Å². The molecule has 0 aliphatic heterocycles. The summed E-state index contributed by atoms with van der Waals surface area (Å²) in [4.78, 5) is 0. The number of benzene rings is 8. The van der Waals surface area contributed by atoms with Crippen LogP contribution in [0.15, 0.2) is 176 Å². The zero-order valence-corrected chi connectivity index (χ0v) is 28.9. The molecule has 2 nitrogen and oxygen atoms in total. The maximum absolute atomic E-state index is 7.33. The smallest absolute Gasteiger partial charge is 0.115 e. The Kier molecular flexibility index (Phi) is 7.30. The quantitative estimate of drug-likeness (QED) is 0.162. The molecule has 0 unspecified atom stereocenters. The molecule has 0 saturated heterocycles. The van der Waals surface area contributed by atoms with E-state index in [4.69, 9.17) is 23.5 Å². The van der Waals surface area contributed by atoms with E-state index in [9.17, 15) is 0 Å². The molecular weight excluding hydrogens is 637 g/mol. The summed E-state index contributed by atoms with van der Waals surface area (Å²) in [6.45, 7) is 0. The summed E-state index contributed by atoms with van der Waals surface area (Å²) in [5, 5.41) is 4.16. The molecule has 0 fully saturated rings. The molecule has 10 rings (SSSR count). The largest absolute Gasteiger partial charge is 0.309 e. The molecule has 10 aromatic rings. The maximum Gasteiger partial charge on any atom is 0.115 e. The van der Waals surface area contributed by atoms with E-state index in [0.717, 1.165) is 82.8 Å². The summed E-state index contributed by atoms with van der Waals surface area (Å²) in [6, 6.07) is 61.4. The van der Waals surface area contributed by atoms with Gasteiger partial charge in [0.25, 0.3) is 0 Å². The van der Waals surface area contributed by atoms with Crippen molar-refractivity contribution in [1.29, 1.82) is 0 Å². The highest BCUT2D eigenvalue weighted by molar-refractivity contribution is 6.60. The van der Waals surface area contributed by atoms with E-state index < -0.39 is 0 Å². The third-order valence-electron chi connectivity index (χ3n) is 10.6. The third-order valence-corrected chi connectivity index (χ3v) is 10.6. The summed E-state index contributed by atoms with van der Waals surface area (Å²) < 4.78 is 4.55. The first kappa shape index (κ1) is 31.3. The Morgan fingerprint density at radius 3 is 1.62 bits per heavy atom. The number of nitrogens with zero attached hydrogens (tertiary/aromatic N) is 2. The Morgan fingerprint density at radius 1 is 0.358 bits per heavy atom. The van der Waals surface area contributed by atoms with Gasteiger partial charge in [0.05, 0.1) is 22.2 Å². The van der Waals surface area contributed by atoms with E-state index >= 15 is 0 Å². The van der Waals surface area contributed by atoms with E-state index in [0.29, 0.717) is 16.4 Å². The molecule has 2 aromatic heterocycles. The van der Waals surface area contributed by atoms with Gasteiger partial charge in [-0.15, -0.1) is 0 Å². The Morgan fingerprint density at radius 2 is 0.906 bits per heavy atom. The van der Waals surface area contributed by atoms with Crippen LogP contribution in [-0.2, 0) is 0 Å². The average molecular weight is 666 g/mol. The maximum atomic E-state index is 7.33. The first-order chi connectivity index (χ1) is 26.1. The number of para-hydroxylation sites is 3. The third kappa shape index (κ3) is 4.84. The van der Waals surface area contributed by atoms with Crippen molar-refractivity contribution in [2.45, 2.75) is 0 Å². The van der Waals surface area contributed by atoms with Crippen LogP contribution >= 0.6 is 0 Å². The van der Waals surface area contributed by atoms with E-state index in [2.05, 4.69) is 167 Å². The minimum atomic E-state index is 0.465. The molecule has 240 valence electrons. The normalized spacial score (nSPS) is 11.6. The van der Waals surface area contributed by atoms with Crippen molar-refractivity contribution in [3.8, 4) is 44.8 Å².